The van der Waals surface area contributed by atoms with Gasteiger partial charge in [0.1, 0.15) is 29.5 Å². The third-order valence-corrected chi connectivity index (χ3v) is 6.68. The molecule has 1 amide bonds. The van der Waals surface area contributed by atoms with Gasteiger partial charge < -0.3 is 25.1 Å². The van der Waals surface area contributed by atoms with Crippen molar-refractivity contribution in [3.63, 3.8) is 0 Å². The number of imidazole rings is 1. The van der Waals surface area contributed by atoms with E-state index >= 15 is 0 Å². The number of H-pyrrole nitrogens is 1. The van der Waals surface area contributed by atoms with E-state index < -0.39 is 23.4 Å². The number of aromatic nitrogens is 3. The van der Waals surface area contributed by atoms with Crippen LogP contribution in [0.25, 0.3) is 11.0 Å². The fourth-order valence-corrected chi connectivity index (χ4v) is 4.53. The summed E-state index contributed by atoms with van der Waals surface area (Å²) < 4.78 is 79.6. The van der Waals surface area contributed by atoms with E-state index in [2.05, 4.69) is 30.5 Å². The number of anilines is 2. The minimum absolute atomic E-state index is 0.0418. The van der Waals surface area contributed by atoms with E-state index in [4.69, 9.17) is 9.47 Å². The average molecular weight is 591 g/mol. The number of carbonyl (C=O) groups excluding carboxylic acids is 1. The van der Waals surface area contributed by atoms with E-state index in [1.807, 2.05) is 0 Å². The molecular weight excluding hydrogens is 563 g/mol. The molecule has 0 unspecified atom stereocenters. The standard InChI is InChI=1S/C28H27F5N6O3/c1-34-25(40)23-16-19(8-9-35-23)42-18-5-7-21-22(15-18)38-26(37-21)36-17-4-6-20(27(29,30)28(31,32)33)24(14-17)41-13-12-39-10-2-3-11-39/h4-9,14-16H,2-3,10-13H2,1H3,(H,34,40)(H2,36,37,38). The van der Waals surface area contributed by atoms with E-state index in [0.29, 0.717) is 35.1 Å². The molecule has 1 fully saturated rings. The Morgan fingerprint density at radius 3 is 2.52 bits per heavy atom. The molecule has 9 nitrogen and oxygen atoms in total. The normalized spacial score (nSPS) is 14.2. The lowest BCUT2D eigenvalue weighted by Crippen LogP contribution is -2.34. The molecule has 0 saturated carbocycles. The number of alkyl halides is 5. The van der Waals surface area contributed by atoms with Gasteiger partial charge >= 0.3 is 12.1 Å². The van der Waals surface area contributed by atoms with Gasteiger partial charge in [0.25, 0.3) is 5.91 Å². The monoisotopic (exact) mass is 590 g/mol. The number of halogens is 5. The van der Waals surface area contributed by atoms with Gasteiger partial charge in [0.05, 0.1) is 16.6 Å². The molecule has 2 aromatic carbocycles. The van der Waals surface area contributed by atoms with Crippen molar-refractivity contribution in [1.82, 2.24) is 25.2 Å². The molecule has 4 aromatic rings. The number of likely N-dealkylation sites (tertiary alicyclic amines) is 1. The molecule has 2 aromatic heterocycles. The number of nitrogens with zero attached hydrogens (tertiary/aromatic N) is 3. The maximum absolute atomic E-state index is 14.3. The number of fused-ring (bicyclic) bond motifs is 1. The number of nitrogens with one attached hydrogen (secondary N) is 3. The number of hydrogen-bond donors (Lipinski definition) is 3. The molecule has 14 heteroatoms. The number of aromatic amines is 1. The maximum atomic E-state index is 14.3. The summed E-state index contributed by atoms with van der Waals surface area (Å²) in [6.45, 7) is 2.03. The second-order valence-electron chi connectivity index (χ2n) is 9.63. The van der Waals surface area contributed by atoms with Crippen molar-refractivity contribution in [2.45, 2.75) is 24.9 Å². The SMILES string of the molecule is CNC(=O)c1cc(Oc2ccc3nc(Nc4ccc(C(F)(F)C(F)(F)F)c(OCCN5CCCC5)c4)[nH]c3c2)ccn1. The van der Waals surface area contributed by atoms with E-state index in [9.17, 15) is 26.7 Å². The number of hydrogen-bond acceptors (Lipinski definition) is 7. The molecule has 3 N–H and O–H groups in total. The lowest BCUT2D eigenvalue weighted by molar-refractivity contribution is -0.289. The first-order chi connectivity index (χ1) is 20.0. The average Bonchev–Trinajstić information content (AvgIpc) is 3.61. The molecule has 0 aliphatic carbocycles. The van der Waals surface area contributed by atoms with Crippen LogP contribution >= 0.6 is 0 Å². The molecular formula is C28H27F5N6O3. The molecule has 0 spiro atoms. The third kappa shape index (κ3) is 6.38. The molecule has 1 aliphatic rings. The molecule has 0 atom stereocenters. The van der Waals surface area contributed by atoms with Crippen LogP contribution in [0.1, 0.15) is 28.9 Å². The quantitative estimate of drug-likeness (QED) is 0.195. The summed E-state index contributed by atoms with van der Waals surface area (Å²) in [6, 6.07) is 11.0. The van der Waals surface area contributed by atoms with Gasteiger partial charge in [-0.05, 0) is 56.3 Å². The van der Waals surface area contributed by atoms with E-state index in [1.165, 1.54) is 19.3 Å². The maximum Gasteiger partial charge on any atom is 0.458 e. The van der Waals surface area contributed by atoms with E-state index in [0.717, 1.165) is 38.1 Å². The van der Waals surface area contributed by atoms with Crippen LogP contribution in [-0.2, 0) is 5.92 Å². The minimum atomic E-state index is -5.78. The fraction of sp³-hybridized carbons (Fsp3) is 0.321. The Kier molecular flexibility index (Phi) is 8.16. The summed E-state index contributed by atoms with van der Waals surface area (Å²) in [4.78, 5) is 25.3. The summed E-state index contributed by atoms with van der Waals surface area (Å²) >= 11 is 0. The highest BCUT2D eigenvalue weighted by Gasteiger charge is 2.60. The van der Waals surface area contributed by atoms with Crippen molar-refractivity contribution in [2.75, 3.05) is 38.6 Å². The predicted octanol–water partition coefficient (Wildman–Crippen LogP) is 5.98. The largest absolute Gasteiger partial charge is 0.492 e. The summed E-state index contributed by atoms with van der Waals surface area (Å²) in [7, 11) is 1.49. The van der Waals surface area contributed by atoms with Gasteiger partial charge in [-0.25, -0.2) is 4.98 Å². The van der Waals surface area contributed by atoms with E-state index in [-0.39, 0.29) is 29.8 Å². The van der Waals surface area contributed by atoms with Gasteiger partial charge in [-0.2, -0.15) is 22.0 Å². The number of amides is 1. The van der Waals surface area contributed by atoms with Crippen molar-refractivity contribution in [1.29, 1.82) is 0 Å². The van der Waals surface area contributed by atoms with Crippen LogP contribution in [0.15, 0.2) is 54.7 Å². The van der Waals surface area contributed by atoms with Crippen molar-refractivity contribution in [3.8, 4) is 17.2 Å². The van der Waals surface area contributed by atoms with Crippen molar-refractivity contribution in [3.05, 3.63) is 66.0 Å². The Hall–Kier alpha value is -4.46. The number of ether oxygens (including phenoxy) is 2. The van der Waals surface area contributed by atoms with Crippen LogP contribution in [0.4, 0.5) is 33.6 Å². The zero-order valence-corrected chi connectivity index (χ0v) is 22.4. The molecule has 1 aliphatic heterocycles. The van der Waals surface area contributed by atoms with Crippen molar-refractivity contribution in [2.24, 2.45) is 0 Å². The topological polar surface area (TPSA) is 104 Å². The van der Waals surface area contributed by atoms with Crippen LogP contribution in [0.3, 0.4) is 0 Å². The lowest BCUT2D eigenvalue weighted by atomic mass is 10.1. The first-order valence-electron chi connectivity index (χ1n) is 13.1. The molecule has 0 bridgehead atoms. The Balaban J connectivity index is 1.35. The molecule has 5 rings (SSSR count). The summed E-state index contributed by atoms with van der Waals surface area (Å²) in [6.07, 6.45) is -2.33. The van der Waals surface area contributed by atoms with Gasteiger partial charge in [0.2, 0.25) is 5.95 Å². The molecule has 42 heavy (non-hydrogen) atoms. The number of pyridine rings is 1. The summed E-state index contributed by atoms with van der Waals surface area (Å²) in [5.74, 6) is -5.00. The second-order valence-corrected chi connectivity index (χ2v) is 9.63. The van der Waals surface area contributed by atoms with Crippen LogP contribution in [0.5, 0.6) is 17.2 Å². The highest BCUT2D eigenvalue weighted by molar-refractivity contribution is 5.92. The Bertz CT molecular complexity index is 1570. The van der Waals surface area contributed by atoms with Crippen molar-refractivity contribution < 1.29 is 36.2 Å². The van der Waals surface area contributed by atoms with Gasteiger partial charge in [-0.1, -0.05) is 0 Å². The number of benzene rings is 2. The Morgan fingerprint density at radius 1 is 1.02 bits per heavy atom. The fourth-order valence-electron chi connectivity index (χ4n) is 4.53. The first kappa shape index (κ1) is 29.0. The second kappa shape index (κ2) is 11.8. The predicted molar refractivity (Wildman–Crippen MR) is 145 cm³/mol. The van der Waals surface area contributed by atoms with Gasteiger partial charge in [0.15, 0.2) is 0 Å². The molecule has 3 heterocycles. The summed E-state index contributed by atoms with van der Waals surface area (Å²) in [5.41, 5.74) is 0.208. The number of carbonyl (C=O) groups is 1. The molecule has 1 saturated heterocycles. The van der Waals surface area contributed by atoms with Crippen LogP contribution in [-0.4, -0.2) is 65.2 Å². The highest BCUT2D eigenvalue weighted by Crippen LogP contribution is 2.47. The van der Waals surface area contributed by atoms with E-state index in [1.54, 1.807) is 24.3 Å². The van der Waals surface area contributed by atoms with Gasteiger partial charge in [-0.15, -0.1) is 0 Å². The van der Waals surface area contributed by atoms with Crippen LogP contribution in [0, 0.1) is 0 Å². The van der Waals surface area contributed by atoms with Crippen LogP contribution < -0.4 is 20.1 Å². The number of rotatable bonds is 10. The smallest absolute Gasteiger partial charge is 0.458 e. The molecule has 0 radical (unpaired) electrons. The van der Waals surface area contributed by atoms with Gasteiger partial charge in [-0.3, -0.25) is 14.7 Å². The minimum Gasteiger partial charge on any atom is -0.492 e. The third-order valence-electron chi connectivity index (χ3n) is 6.68. The lowest BCUT2D eigenvalue weighted by Gasteiger charge is -2.23. The Morgan fingerprint density at radius 2 is 1.79 bits per heavy atom. The molecule has 222 valence electrons. The zero-order valence-electron chi connectivity index (χ0n) is 22.4. The van der Waals surface area contributed by atoms with Crippen molar-refractivity contribution >= 4 is 28.6 Å². The summed E-state index contributed by atoms with van der Waals surface area (Å²) in [5, 5.41) is 5.39. The van der Waals surface area contributed by atoms with Crippen LogP contribution in [0.2, 0.25) is 0 Å². The van der Waals surface area contributed by atoms with Gasteiger partial charge in [0, 0.05) is 43.7 Å². The highest BCUT2D eigenvalue weighted by atomic mass is 19.4. The first-order valence-corrected chi connectivity index (χ1v) is 13.1. The zero-order chi connectivity index (χ0) is 29.9. The Labute approximate surface area is 237 Å².